The third kappa shape index (κ3) is 2.97. The largest absolute Gasteiger partial charge is 0.315 e. The van der Waals surface area contributed by atoms with E-state index in [1.165, 1.54) is 12.0 Å². The molecule has 2 nitrogen and oxygen atoms in total. The highest BCUT2D eigenvalue weighted by atomic mass is 35.5. The van der Waals surface area contributed by atoms with Gasteiger partial charge in [0, 0.05) is 23.7 Å². The van der Waals surface area contributed by atoms with E-state index < -0.39 is 0 Å². The maximum atomic E-state index is 5.90. The van der Waals surface area contributed by atoms with Gasteiger partial charge in [0.05, 0.1) is 0 Å². The molecular formula is C13H19ClN2. The molecule has 2 unspecified atom stereocenters. The molecule has 1 heterocycles. The van der Waals surface area contributed by atoms with Gasteiger partial charge in [-0.3, -0.25) is 0 Å². The van der Waals surface area contributed by atoms with Gasteiger partial charge in [-0.15, -0.1) is 0 Å². The third-order valence-electron chi connectivity index (χ3n) is 3.18. The highest BCUT2D eigenvalue weighted by molar-refractivity contribution is 6.30. The highest BCUT2D eigenvalue weighted by Gasteiger charge is 2.18. The number of rotatable bonds is 4. The van der Waals surface area contributed by atoms with Crippen molar-refractivity contribution in [3.8, 4) is 0 Å². The Kier molecular flexibility index (Phi) is 4.22. The van der Waals surface area contributed by atoms with Crippen LogP contribution in [0, 0.1) is 0 Å². The summed E-state index contributed by atoms with van der Waals surface area (Å²) in [5.74, 6) is 0. The molecule has 0 amide bonds. The number of benzene rings is 1. The lowest BCUT2D eigenvalue weighted by atomic mass is 10.0. The van der Waals surface area contributed by atoms with Crippen molar-refractivity contribution in [2.24, 2.45) is 0 Å². The first kappa shape index (κ1) is 11.9. The molecule has 1 aromatic rings. The number of nitrogens with one attached hydrogen (secondary N) is 2. The van der Waals surface area contributed by atoms with E-state index in [0.29, 0.717) is 12.1 Å². The molecule has 3 heteroatoms. The first-order chi connectivity index (χ1) is 7.79. The predicted octanol–water partition coefficient (Wildman–Crippen LogP) is 2.74. The van der Waals surface area contributed by atoms with Crippen molar-refractivity contribution in [2.75, 3.05) is 13.1 Å². The first-order valence-corrected chi connectivity index (χ1v) is 6.39. The van der Waals surface area contributed by atoms with E-state index in [1.54, 1.807) is 0 Å². The molecule has 0 aromatic heterocycles. The van der Waals surface area contributed by atoms with Gasteiger partial charge in [-0.2, -0.15) is 0 Å². The molecule has 2 N–H and O–H groups in total. The number of halogens is 1. The second kappa shape index (κ2) is 5.67. The van der Waals surface area contributed by atoms with E-state index in [-0.39, 0.29) is 0 Å². The average molecular weight is 239 g/mol. The molecule has 0 bridgehead atoms. The molecule has 2 atom stereocenters. The summed E-state index contributed by atoms with van der Waals surface area (Å²) in [6, 6.07) is 9.22. The van der Waals surface area contributed by atoms with Crippen molar-refractivity contribution in [2.45, 2.75) is 31.8 Å². The van der Waals surface area contributed by atoms with Crippen LogP contribution in [-0.4, -0.2) is 19.1 Å². The Balaban J connectivity index is 2.00. The summed E-state index contributed by atoms with van der Waals surface area (Å²) in [4.78, 5) is 0. The van der Waals surface area contributed by atoms with Crippen LogP contribution >= 0.6 is 11.6 Å². The van der Waals surface area contributed by atoms with Gasteiger partial charge in [0.2, 0.25) is 0 Å². The Bertz CT molecular complexity index is 317. The van der Waals surface area contributed by atoms with E-state index in [2.05, 4.69) is 29.7 Å². The standard InChI is InChI=1S/C13H19ClN2/c1-2-13(16-12-7-8-15-9-12)10-3-5-11(14)6-4-10/h3-6,12-13,15-16H,2,7-9H2,1H3. The SMILES string of the molecule is CCC(NC1CCNC1)c1ccc(Cl)cc1. The molecule has 0 radical (unpaired) electrons. The van der Waals surface area contributed by atoms with E-state index in [4.69, 9.17) is 11.6 Å². The lowest BCUT2D eigenvalue weighted by Crippen LogP contribution is -2.34. The first-order valence-electron chi connectivity index (χ1n) is 6.02. The lowest BCUT2D eigenvalue weighted by molar-refractivity contribution is 0.444. The van der Waals surface area contributed by atoms with Gasteiger partial charge in [0.1, 0.15) is 0 Å². The molecule has 2 rings (SSSR count). The number of hydrogen-bond acceptors (Lipinski definition) is 2. The lowest BCUT2D eigenvalue weighted by Gasteiger charge is -2.21. The summed E-state index contributed by atoms with van der Waals surface area (Å²) >= 11 is 5.90. The summed E-state index contributed by atoms with van der Waals surface area (Å²) in [5.41, 5.74) is 1.33. The van der Waals surface area contributed by atoms with E-state index in [1.807, 2.05) is 12.1 Å². The second-order valence-corrected chi connectivity index (χ2v) is 4.81. The maximum absolute atomic E-state index is 5.90. The fourth-order valence-corrected chi connectivity index (χ4v) is 2.35. The van der Waals surface area contributed by atoms with Gasteiger partial charge in [0.25, 0.3) is 0 Å². The summed E-state index contributed by atoms with van der Waals surface area (Å²) in [5, 5.41) is 7.88. The third-order valence-corrected chi connectivity index (χ3v) is 3.43. The second-order valence-electron chi connectivity index (χ2n) is 4.37. The van der Waals surface area contributed by atoms with Gasteiger partial charge in [-0.1, -0.05) is 30.7 Å². The Morgan fingerprint density at radius 1 is 1.44 bits per heavy atom. The van der Waals surface area contributed by atoms with Crippen molar-refractivity contribution in [1.29, 1.82) is 0 Å². The minimum atomic E-state index is 0.446. The summed E-state index contributed by atoms with van der Waals surface area (Å²) in [7, 11) is 0. The van der Waals surface area contributed by atoms with Crippen LogP contribution in [0.1, 0.15) is 31.4 Å². The molecule has 88 valence electrons. The van der Waals surface area contributed by atoms with E-state index >= 15 is 0 Å². The fourth-order valence-electron chi connectivity index (χ4n) is 2.23. The zero-order chi connectivity index (χ0) is 11.4. The highest BCUT2D eigenvalue weighted by Crippen LogP contribution is 2.20. The molecule has 1 aliphatic rings. The van der Waals surface area contributed by atoms with Crippen LogP contribution in [0.4, 0.5) is 0 Å². The number of hydrogen-bond donors (Lipinski definition) is 2. The van der Waals surface area contributed by atoms with Crippen LogP contribution in [0.15, 0.2) is 24.3 Å². The monoisotopic (exact) mass is 238 g/mol. The zero-order valence-corrected chi connectivity index (χ0v) is 10.4. The molecule has 16 heavy (non-hydrogen) atoms. The normalized spacial score (nSPS) is 22.2. The van der Waals surface area contributed by atoms with Gasteiger partial charge in [0.15, 0.2) is 0 Å². The van der Waals surface area contributed by atoms with Gasteiger partial charge >= 0.3 is 0 Å². The Hall–Kier alpha value is -0.570. The molecule has 1 saturated heterocycles. The quantitative estimate of drug-likeness (QED) is 0.843. The summed E-state index contributed by atoms with van der Waals surface area (Å²) in [6.45, 7) is 4.44. The van der Waals surface area contributed by atoms with Crippen LogP contribution < -0.4 is 10.6 Å². The average Bonchev–Trinajstić information content (AvgIpc) is 2.80. The summed E-state index contributed by atoms with van der Waals surface area (Å²) < 4.78 is 0. The van der Waals surface area contributed by atoms with Crippen molar-refractivity contribution >= 4 is 11.6 Å². The molecule has 0 aliphatic carbocycles. The van der Waals surface area contributed by atoms with Crippen LogP contribution in [0.5, 0.6) is 0 Å². The maximum Gasteiger partial charge on any atom is 0.0406 e. The molecule has 0 spiro atoms. The van der Waals surface area contributed by atoms with Crippen molar-refractivity contribution in [1.82, 2.24) is 10.6 Å². The van der Waals surface area contributed by atoms with Crippen LogP contribution in [-0.2, 0) is 0 Å². The van der Waals surface area contributed by atoms with Crippen LogP contribution in [0.2, 0.25) is 5.02 Å². The Labute approximate surface area is 102 Å². The molecule has 0 saturated carbocycles. The topological polar surface area (TPSA) is 24.1 Å². The molecular weight excluding hydrogens is 220 g/mol. The van der Waals surface area contributed by atoms with Crippen molar-refractivity contribution < 1.29 is 0 Å². The van der Waals surface area contributed by atoms with Crippen molar-refractivity contribution in [3.05, 3.63) is 34.9 Å². The zero-order valence-electron chi connectivity index (χ0n) is 9.67. The minimum absolute atomic E-state index is 0.446. The minimum Gasteiger partial charge on any atom is -0.315 e. The van der Waals surface area contributed by atoms with Gasteiger partial charge < -0.3 is 10.6 Å². The predicted molar refractivity (Wildman–Crippen MR) is 68.9 cm³/mol. The van der Waals surface area contributed by atoms with Crippen LogP contribution in [0.3, 0.4) is 0 Å². The van der Waals surface area contributed by atoms with Crippen LogP contribution in [0.25, 0.3) is 0 Å². The molecule has 1 aromatic carbocycles. The fraction of sp³-hybridized carbons (Fsp3) is 0.538. The van der Waals surface area contributed by atoms with Crippen molar-refractivity contribution in [3.63, 3.8) is 0 Å². The molecule has 1 aliphatic heterocycles. The van der Waals surface area contributed by atoms with E-state index in [0.717, 1.165) is 24.5 Å². The molecule has 1 fully saturated rings. The van der Waals surface area contributed by atoms with E-state index in [9.17, 15) is 0 Å². The Morgan fingerprint density at radius 3 is 2.75 bits per heavy atom. The van der Waals surface area contributed by atoms with Gasteiger partial charge in [-0.25, -0.2) is 0 Å². The smallest absolute Gasteiger partial charge is 0.0406 e. The summed E-state index contributed by atoms with van der Waals surface area (Å²) in [6.07, 6.45) is 2.34. The van der Waals surface area contributed by atoms with Gasteiger partial charge in [-0.05, 0) is 37.1 Å². The Morgan fingerprint density at radius 2 is 2.19 bits per heavy atom.